The molecule has 1 radical (unpaired) electrons. The van der Waals surface area contributed by atoms with Crippen LogP contribution in [0.15, 0.2) is 0 Å². The molecule has 0 aliphatic rings. The van der Waals surface area contributed by atoms with E-state index in [1.165, 1.54) is 6.42 Å². The molecule has 0 fully saturated rings. The Labute approximate surface area is 73.1 Å². The Morgan fingerprint density at radius 2 is 2.17 bits per heavy atom. The van der Waals surface area contributed by atoms with Gasteiger partial charge < -0.3 is 6.42 Å². The zero-order valence-electron chi connectivity index (χ0n) is 3.95. The molecule has 0 aromatic rings. The average Bonchev–Trinajstić information content (AvgIpc) is 1.41. The van der Waals surface area contributed by atoms with E-state index < -0.39 is 0 Å². The summed E-state index contributed by atoms with van der Waals surface area (Å²) in [4.78, 5) is 0. The third kappa shape index (κ3) is 9.13. The summed E-state index contributed by atoms with van der Waals surface area (Å²) >= 11 is 3.28. The summed E-state index contributed by atoms with van der Waals surface area (Å²) in [6.07, 6.45) is 3.31. The van der Waals surface area contributed by atoms with Crippen LogP contribution in [-0.4, -0.2) is 5.33 Å². The van der Waals surface area contributed by atoms with Gasteiger partial charge in [-0.15, -0.1) is 0 Å². The second kappa shape index (κ2) is 9.77. The summed E-state index contributed by atoms with van der Waals surface area (Å²) in [6, 6.07) is 0. The molecule has 0 bridgehead atoms. The first-order valence-corrected chi connectivity index (χ1v) is 2.87. The SMILES string of the molecule is C[CH-]CCBr.[Y]. The number of rotatable bonds is 2. The van der Waals surface area contributed by atoms with E-state index >= 15 is 0 Å². The van der Waals surface area contributed by atoms with E-state index in [-0.39, 0.29) is 32.7 Å². The van der Waals surface area contributed by atoms with E-state index in [4.69, 9.17) is 0 Å². The summed E-state index contributed by atoms with van der Waals surface area (Å²) in [6.45, 7) is 2.06. The molecule has 0 aromatic heterocycles. The van der Waals surface area contributed by atoms with Gasteiger partial charge in [0.1, 0.15) is 0 Å². The molecule has 35 valence electrons. The molecule has 0 N–H and O–H groups in total. The molecule has 0 saturated carbocycles. The van der Waals surface area contributed by atoms with Crippen LogP contribution >= 0.6 is 15.9 Å². The van der Waals surface area contributed by atoms with Crippen LogP contribution < -0.4 is 0 Å². The van der Waals surface area contributed by atoms with E-state index in [1.807, 2.05) is 0 Å². The van der Waals surface area contributed by atoms with E-state index in [2.05, 4.69) is 29.3 Å². The number of halogens is 1. The standard InChI is InChI=1S/C4H8Br.Y/c1-2-3-4-5;/h2H,3-4H2,1H3;/q-1;. The molecule has 0 nitrogen and oxygen atoms in total. The molecule has 6 heavy (non-hydrogen) atoms. The molecule has 0 rings (SSSR count). The molecule has 0 amide bonds. The fourth-order valence-corrected chi connectivity index (χ4v) is 0.567. The molecule has 0 atom stereocenters. The molecular weight excluding hydrogens is 217 g/mol. The Morgan fingerprint density at radius 3 is 2.17 bits per heavy atom. The second-order valence-electron chi connectivity index (χ2n) is 0.886. The van der Waals surface area contributed by atoms with Crippen LogP contribution in [0.3, 0.4) is 0 Å². The largest absolute Gasteiger partial charge is 0.331 e. The number of unbranched alkanes of at least 4 members (excludes halogenated alkanes) is 1. The topological polar surface area (TPSA) is 0 Å². The van der Waals surface area contributed by atoms with Gasteiger partial charge >= 0.3 is 0 Å². The Kier molecular flexibility index (Phi) is 17.2. The molecule has 0 unspecified atom stereocenters. The summed E-state index contributed by atoms with van der Waals surface area (Å²) in [7, 11) is 0. The van der Waals surface area contributed by atoms with Gasteiger partial charge in [0.2, 0.25) is 0 Å². The van der Waals surface area contributed by atoms with Crippen LogP contribution in [0.5, 0.6) is 0 Å². The van der Waals surface area contributed by atoms with Gasteiger partial charge in [-0.25, -0.2) is 0 Å². The number of hydrogen-bond acceptors (Lipinski definition) is 0. The summed E-state index contributed by atoms with van der Waals surface area (Å²) in [5.74, 6) is 0. The first-order chi connectivity index (χ1) is 2.41. The van der Waals surface area contributed by atoms with Gasteiger partial charge in [0.25, 0.3) is 0 Å². The van der Waals surface area contributed by atoms with Crippen LogP contribution in [0.25, 0.3) is 0 Å². The predicted octanol–water partition coefficient (Wildman–Crippen LogP) is 1.99. The fraction of sp³-hybridized carbons (Fsp3) is 0.750. The van der Waals surface area contributed by atoms with Crippen molar-refractivity contribution in [3.8, 4) is 0 Å². The molecule has 0 aromatic carbocycles. The molecule has 0 spiro atoms. The van der Waals surface area contributed by atoms with Crippen molar-refractivity contribution in [2.24, 2.45) is 0 Å². The average molecular weight is 225 g/mol. The summed E-state index contributed by atoms with van der Waals surface area (Å²) < 4.78 is 0. The van der Waals surface area contributed by atoms with E-state index in [9.17, 15) is 0 Å². The van der Waals surface area contributed by atoms with Crippen LogP contribution in [0.1, 0.15) is 13.3 Å². The third-order valence-corrected chi connectivity index (χ3v) is 0.856. The fourth-order valence-electron chi connectivity index (χ4n) is 0.109. The van der Waals surface area contributed by atoms with Gasteiger partial charge in [-0.05, 0) is 5.33 Å². The minimum atomic E-state index is 0. The Balaban J connectivity index is 0. The molecule has 2 heteroatoms. The van der Waals surface area contributed by atoms with Crippen LogP contribution in [0.4, 0.5) is 0 Å². The zero-order chi connectivity index (χ0) is 4.12. The predicted molar refractivity (Wildman–Crippen MR) is 28.4 cm³/mol. The van der Waals surface area contributed by atoms with Crippen LogP contribution in [0, 0.1) is 6.42 Å². The van der Waals surface area contributed by atoms with Gasteiger partial charge in [-0.2, -0.15) is 13.3 Å². The number of alkyl halides is 1. The second-order valence-corrected chi connectivity index (χ2v) is 1.68. The summed E-state index contributed by atoms with van der Waals surface area (Å²) in [5.41, 5.74) is 0. The molecular formula is C4H8BrY-. The van der Waals surface area contributed by atoms with Crippen molar-refractivity contribution in [2.45, 2.75) is 13.3 Å². The molecule has 0 aliphatic carbocycles. The Bertz CT molecular complexity index is 15.0. The quantitative estimate of drug-likeness (QED) is 0.497. The molecule has 0 aliphatic heterocycles. The van der Waals surface area contributed by atoms with Crippen molar-refractivity contribution in [2.75, 3.05) is 5.33 Å². The van der Waals surface area contributed by atoms with Gasteiger partial charge in [-0.3, -0.25) is 0 Å². The first-order valence-electron chi connectivity index (χ1n) is 1.75. The zero-order valence-corrected chi connectivity index (χ0v) is 8.37. The third-order valence-electron chi connectivity index (χ3n) is 0.398. The van der Waals surface area contributed by atoms with E-state index in [0.29, 0.717) is 0 Å². The monoisotopic (exact) mass is 224 g/mol. The van der Waals surface area contributed by atoms with Crippen molar-refractivity contribution in [3.05, 3.63) is 6.42 Å². The maximum atomic E-state index is 3.28. The smallest absolute Gasteiger partial charge is 0 e. The van der Waals surface area contributed by atoms with Crippen molar-refractivity contribution in [1.29, 1.82) is 0 Å². The first kappa shape index (κ1) is 10.5. The van der Waals surface area contributed by atoms with Crippen molar-refractivity contribution in [1.82, 2.24) is 0 Å². The molecule has 0 heterocycles. The maximum Gasteiger partial charge on any atom is 0 e. The Morgan fingerprint density at radius 1 is 1.67 bits per heavy atom. The number of hydrogen-bond donors (Lipinski definition) is 0. The van der Waals surface area contributed by atoms with Crippen molar-refractivity contribution < 1.29 is 32.7 Å². The van der Waals surface area contributed by atoms with Gasteiger partial charge in [0.05, 0.1) is 0 Å². The van der Waals surface area contributed by atoms with Gasteiger partial charge in [0.15, 0.2) is 0 Å². The van der Waals surface area contributed by atoms with Crippen molar-refractivity contribution >= 4 is 15.9 Å². The normalized spacial score (nSPS) is 7.00. The van der Waals surface area contributed by atoms with Crippen molar-refractivity contribution in [3.63, 3.8) is 0 Å². The van der Waals surface area contributed by atoms with Crippen LogP contribution in [0.2, 0.25) is 0 Å². The Hall–Kier alpha value is 1.58. The maximum absolute atomic E-state index is 3.28. The van der Waals surface area contributed by atoms with E-state index in [1.54, 1.807) is 0 Å². The van der Waals surface area contributed by atoms with Gasteiger partial charge in [0, 0.05) is 32.7 Å². The summed E-state index contributed by atoms with van der Waals surface area (Å²) in [5, 5.41) is 1.10. The van der Waals surface area contributed by atoms with Crippen LogP contribution in [-0.2, 0) is 32.7 Å². The van der Waals surface area contributed by atoms with Gasteiger partial charge in [-0.1, -0.05) is 15.9 Å². The minimum Gasteiger partial charge on any atom is -0.331 e. The minimum absolute atomic E-state index is 0. The molecule has 0 saturated heterocycles. The van der Waals surface area contributed by atoms with E-state index in [0.717, 1.165) is 5.33 Å².